The maximum absolute atomic E-state index is 13.8. The molecule has 0 spiro atoms. The first-order valence-electron chi connectivity index (χ1n) is 9.30. The molecule has 168 valence electrons. The Bertz CT molecular complexity index is 1000. The summed E-state index contributed by atoms with van der Waals surface area (Å²) in [6, 6.07) is -1.16. The van der Waals surface area contributed by atoms with Gasteiger partial charge in [-0.2, -0.15) is 18.3 Å². The third-order valence-electron chi connectivity index (χ3n) is 4.79. The number of carbonyl (C=O) groups is 2. The molecule has 2 aromatic heterocycles. The van der Waals surface area contributed by atoms with E-state index in [0.29, 0.717) is 11.4 Å². The van der Waals surface area contributed by atoms with Gasteiger partial charge in [-0.15, -0.1) is 0 Å². The van der Waals surface area contributed by atoms with Crippen LogP contribution in [0.2, 0.25) is 0 Å². The average molecular weight is 442 g/mol. The third kappa shape index (κ3) is 4.04. The molecule has 1 aliphatic rings. The first-order chi connectivity index (χ1) is 14.4. The smallest absolute Gasteiger partial charge is 0.437 e. The molecular formula is C18H21F3N6O4. The van der Waals surface area contributed by atoms with Crippen molar-refractivity contribution >= 4 is 12.0 Å². The largest absolute Gasteiger partial charge is 0.466 e. The standard InChI is InChI=1S/C18H21F3N6O4/c1-5-31-14(28)12-13(24-16(29)25-17(12,30)18(19,20)21)11-7-27(26-10(11)4)15-22-8(2)6-9(3)23-15/h6-7,12-13,30H,5H2,1-4H3,(H2,24,25,29)/t12-,13-,17+/m0/s1. The molecule has 2 amide bonds. The Labute approximate surface area is 174 Å². The minimum absolute atomic E-state index is 0.0679. The van der Waals surface area contributed by atoms with E-state index in [1.807, 2.05) is 0 Å². The molecule has 0 radical (unpaired) electrons. The summed E-state index contributed by atoms with van der Waals surface area (Å²) in [6.07, 6.45) is -4.05. The van der Waals surface area contributed by atoms with E-state index in [9.17, 15) is 27.9 Å². The number of urea groups is 1. The van der Waals surface area contributed by atoms with E-state index in [-0.39, 0.29) is 23.8 Å². The van der Waals surface area contributed by atoms with Crippen LogP contribution in [-0.2, 0) is 9.53 Å². The zero-order chi connectivity index (χ0) is 23.1. The molecule has 0 bridgehead atoms. The van der Waals surface area contributed by atoms with Crippen LogP contribution < -0.4 is 10.6 Å². The topological polar surface area (TPSA) is 131 Å². The molecule has 0 saturated carbocycles. The highest BCUT2D eigenvalue weighted by Gasteiger charge is 2.67. The highest BCUT2D eigenvalue weighted by Crippen LogP contribution is 2.43. The molecule has 3 atom stereocenters. The van der Waals surface area contributed by atoms with Crippen molar-refractivity contribution in [1.82, 2.24) is 30.4 Å². The van der Waals surface area contributed by atoms with Gasteiger partial charge < -0.3 is 20.5 Å². The van der Waals surface area contributed by atoms with Crippen molar-refractivity contribution in [2.45, 2.75) is 45.6 Å². The Balaban J connectivity index is 2.13. The fourth-order valence-electron chi connectivity index (χ4n) is 3.49. The van der Waals surface area contributed by atoms with Gasteiger partial charge in [0, 0.05) is 23.1 Å². The number of amides is 2. The number of rotatable bonds is 4. The van der Waals surface area contributed by atoms with Crippen molar-refractivity contribution in [3.63, 3.8) is 0 Å². The van der Waals surface area contributed by atoms with Crippen LogP contribution in [0.15, 0.2) is 12.3 Å². The summed E-state index contributed by atoms with van der Waals surface area (Å²) < 4.78 is 47.3. The lowest BCUT2D eigenvalue weighted by atomic mass is 9.82. The van der Waals surface area contributed by atoms with Crippen LogP contribution in [0.25, 0.3) is 5.95 Å². The molecule has 3 rings (SSSR count). The van der Waals surface area contributed by atoms with E-state index in [4.69, 9.17) is 4.74 Å². The van der Waals surface area contributed by atoms with Crippen LogP contribution >= 0.6 is 0 Å². The molecule has 3 N–H and O–H groups in total. The summed E-state index contributed by atoms with van der Waals surface area (Å²) in [5, 5.41) is 18.3. The van der Waals surface area contributed by atoms with Gasteiger partial charge in [-0.25, -0.2) is 19.4 Å². The Morgan fingerprint density at radius 2 is 1.90 bits per heavy atom. The average Bonchev–Trinajstić information content (AvgIpc) is 3.01. The highest BCUT2D eigenvalue weighted by atomic mass is 19.4. The molecule has 1 fully saturated rings. The second kappa shape index (κ2) is 7.80. The van der Waals surface area contributed by atoms with E-state index in [1.54, 1.807) is 19.9 Å². The lowest BCUT2D eigenvalue weighted by Crippen LogP contribution is -2.73. The van der Waals surface area contributed by atoms with Gasteiger partial charge in [0.25, 0.3) is 11.7 Å². The van der Waals surface area contributed by atoms with Crippen molar-refractivity contribution in [2.24, 2.45) is 5.92 Å². The zero-order valence-corrected chi connectivity index (χ0v) is 17.1. The number of nitrogens with zero attached hydrogens (tertiary/aromatic N) is 4. The predicted molar refractivity (Wildman–Crippen MR) is 98.9 cm³/mol. The van der Waals surface area contributed by atoms with Crippen LogP contribution in [0.1, 0.15) is 35.6 Å². The van der Waals surface area contributed by atoms with E-state index < -0.39 is 35.9 Å². The number of aromatic nitrogens is 4. The number of ether oxygens (including phenoxy) is 1. The van der Waals surface area contributed by atoms with Crippen molar-refractivity contribution in [3.05, 3.63) is 34.9 Å². The molecule has 3 heterocycles. The van der Waals surface area contributed by atoms with Gasteiger partial charge in [0.05, 0.1) is 18.3 Å². The Hall–Kier alpha value is -3.22. The molecule has 13 heteroatoms. The lowest BCUT2D eigenvalue weighted by Gasteiger charge is -2.44. The number of hydrogen-bond acceptors (Lipinski definition) is 7. The Kier molecular flexibility index (Phi) is 5.65. The van der Waals surface area contributed by atoms with Crippen LogP contribution in [0.4, 0.5) is 18.0 Å². The molecule has 10 nitrogen and oxygen atoms in total. The molecule has 1 saturated heterocycles. The maximum Gasteiger partial charge on any atom is 0.437 e. The zero-order valence-electron chi connectivity index (χ0n) is 17.1. The Morgan fingerprint density at radius 3 is 2.45 bits per heavy atom. The molecule has 2 aromatic rings. The summed E-state index contributed by atoms with van der Waals surface area (Å²) in [6.45, 7) is 6.15. The van der Waals surface area contributed by atoms with Crippen molar-refractivity contribution in [2.75, 3.05) is 6.61 Å². The molecule has 1 aliphatic heterocycles. The van der Waals surface area contributed by atoms with Gasteiger partial charge in [0.2, 0.25) is 0 Å². The van der Waals surface area contributed by atoms with Crippen LogP contribution in [0.3, 0.4) is 0 Å². The lowest BCUT2D eigenvalue weighted by molar-refractivity contribution is -0.294. The maximum atomic E-state index is 13.8. The first kappa shape index (κ1) is 22.5. The van der Waals surface area contributed by atoms with Crippen LogP contribution in [0, 0.1) is 26.7 Å². The van der Waals surface area contributed by atoms with Gasteiger partial charge in [-0.3, -0.25) is 4.79 Å². The fraction of sp³-hybridized carbons (Fsp3) is 0.500. The molecular weight excluding hydrogens is 421 g/mol. The van der Waals surface area contributed by atoms with Crippen molar-refractivity contribution < 1.29 is 32.6 Å². The van der Waals surface area contributed by atoms with Crippen LogP contribution in [-0.4, -0.2) is 55.4 Å². The number of hydrogen-bond donors (Lipinski definition) is 3. The van der Waals surface area contributed by atoms with Gasteiger partial charge in [-0.05, 0) is 33.8 Å². The third-order valence-corrected chi connectivity index (χ3v) is 4.79. The monoisotopic (exact) mass is 442 g/mol. The van der Waals surface area contributed by atoms with Gasteiger partial charge in [-0.1, -0.05) is 0 Å². The highest BCUT2D eigenvalue weighted by molar-refractivity contribution is 5.83. The van der Waals surface area contributed by atoms with Gasteiger partial charge in [0.15, 0.2) is 0 Å². The number of aryl methyl sites for hydroxylation is 3. The fourth-order valence-corrected chi connectivity index (χ4v) is 3.49. The second-order valence-corrected chi connectivity index (χ2v) is 7.14. The van der Waals surface area contributed by atoms with E-state index in [2.05, 4.69) is 20.4 Å². The Morgan fingerprint density at radius 1 is 1.29 bits per heavy atom. The van der Waals surface area contributed by atoms with Gasteiger partial charge >= 0.3 is 18.2 Å². The second-order valence-electron chi connectivity index (χ2n) is 7.14. The van der Waals surface area contributed by atoms with Crippen LogP contribution in [0.5, 0.6) is 0 Å². The molecule has 0 unspecified atom stereocenters. The van der Waals surface area contributed by atoms with E-state index in [1.165, 1.54) is 30.0 Å². The summed E-state index contributed by atoms with van der Waals surface area (Å²) in [5.41, 5.74) is -2.30. The van der Waals surface area contributed by atoms with Gasteiger partial charge in [0.1, 0.15) is 5.92 Å². The summed E-state index contributed by atoms with van der Waals surface area (Å²) >= 11 is 0. The summed E-state index contributed by atoms with van der Waals surface area (Å²) in [7, 11) is 0. The van der Waals surface area contributed by atoms with Crippen molar-refractivity contribution in [1.29, 1.82) is 0 Å². The number of nitrogens with one attached hydrogen (secondary N) is 2. The number of alkyl halides is 3. The number of halogens is 3. The predicted octanol–water partition coefficient (Wildman–Crippen LogP) is 1.37. The SMILES string of the molecule is CCOC(=O)[C@@H]1[C@H](c2cn(-c3nc(C)cc(C)n3)nc2C)NC(=O)N[C@]1(O)C(F)(F)F. The molecule has 0 aromatic carbocycles. The quantitative estimate of drug-likeness (QED) is 0.610. The number of carbonyl (C=O) groups excluding carboxylic acids is 2. The normalized spacial score (nSPS) is 23.8. The van der Waals surface area contributed by atoms with E-state index in [0.717, 1.165) is 0 Å². The number of esters is 1. The molecule has 0 aliphatic carbocycles. The van der Waals surface area contributed by atoms with E-state index >= 15 is 0 Å². The first-order valence-corrected chi connectivity index (χ1v) is 9.30. The number of aliphatic hydroxyl groups is 1. The van der Waals surface area contributed by atoms with Crippen molar-refractivity contribution in [3.8, 4) is 5.95 Å². The summed E-state index contributed by atoms with van der Waals surface area (Å²) in [4.78, 5) is 33.0. The minimum Gasteiger partial charge on any atom is -0.466 e. The minimum atomic E-state index is -5.36. The summed E-state index contributed by atoms with van der Waals surface area (Å²) in [5.74, 6) is -3.41. The molecule has 31 heavy (non-hydrogen) atoms.